The number of hydrogen-bond donors (Lipinski definition) is 3. The first-order valence-corrected chi connectivity index (χ1v) is 7.43. The van der Waals surface area contributed by atoms with Gasteiger partial charge in [0, 0.05) is 14.3 Å². The molecule has 0 aromatic heterocycles. The quantitative estimate of drug-likeness (QED) is 0.532. The molecule has 6 heteroatoms. The summed E-state index contributed by atoms with van der Waals surface area (Å²) in [6, 6.07) is 9.28. The van der Waals surface area contributed by atoms with Crippen LogP contribution in [0.1, 0.15) is 5.56 Å². The smallest absolute Gasteiger partial charge is 0.228 e. The van der Waals surface area contributed by atoms with E-state index in [0.717, 1.165) is 26.2 Å². The number of carbonyl (C=O) groups excluding carboxylic acids is 1. The Hall–Kier alpha value is -1.47. The molecule has 0 unspecified atom stereocenters. The number of hydrogen-bond acceptors (Lipinski definition) is 3. The van der Waals surface area contributed by atoms with Gasteiger partial charge in [-0.3, -0.25) is 4.79 Å². The van der Waals surface area contributed by atoms with Crippen LogP contribution < -0.4 is 16.4 Å². The van der Waals surface area contributed by atoms with Gasteiger partial charge in [0.2, 0.25) is 5.91 Å². The molecule has 1 aliphatic rings. The van der Waals surface area contributed by atoms with Crippen LogP contribution in [0.5, 0.6) is 0 Å². The third-order valence-electron chi connectivity index (χ3n) is 3.10. The van der Waals surface area contributed by atoms with Crippen LogP contribution in [0.3, 0.4) is 0 Å². The Bertz CT molecular complexity index is 718. The van der Waals surface area contributed by atoms with Gasteiger partial charge < -0.3 is 16.4 Å². The van der Waals surface area contributed by atoms with Crippen molar-refractivity contribution in [3.63, 3.8) is 0 Å². The summed E-state index contributed by atoms with van der Waals surface area (Å²) < 4.78 is 0.999. The number of rotatable bonds is 2. The molecule has 2 aromatic rings. The summed E-state index contributed by atoms with van der Waals surface area (Å²) in [4.78, 5) is 11.4. The molecule has 0 aliphatic carbocycles. The molecular formula is C14H11ClIN3O. The summed E-state index contributed by atoms with van der Waals surface area (Å²) in [5.74, 6) is -0.00220. The normalized spacial score (nSPS) is 13.0. The fourth-order valence-corrected chi connectivity index (χ4v) is 3.14. The minimum atomic E-state index is -0.00220. The number of amides is 1. The van der Waals surface area contributed by atoms with Crippen molar-refractivity contribution in [2.45, 2.75) is 6.42 Å². The van der Waals surface area contributed by atoms with Crippen molar-refractivity contribution >= 4 is 62.8 Å². The summed E-state index contributed by atoms with van der Waals surface area (Å²) in [5.41, 5.74) is 10.1. The zero-order chi connectivity index (χ0) is 14.3. The van der Waals surface area contributed by atoms with E-state index < -0.39 is 0 Å². The Morgan fingerprint density at radius 2 is 2.05 bits per heavy atom. The second-order valence-electron chi connectivity index (χ2n) is 4.57. The minimum absolute atomic E-state index is 0.00220. The molecule has 20 heavy (non-hydrogen) atoms. The van der Waals surface area contributed by atoms with Crippen molar-refractivity contribution in [1.82, 2.24) is 0 Å². The van der Waals surface area contributed by atoms with Crippen LogP contribution in [0.2, 0.25) is 5.02 Å². The molecule has 2 aromatic carbocycles. The molecule has 4 N–H and O–H groups in total. The van der Waals surface area contributed by atoms with Crippen molar-refractivity contribution in [1.29, 1.82) is 0 Å². The number of carbonyl (C=O) groups is 1. The Morgan fingerprint density at radius 3 is 2.80 bits per heavy atom. The first kappa shape index (κ1) is 13.5. The third-order valence-corrected chi connectivity index (χ3v) is 4.23. The van der Waals surface area contributed by atoms with E-state index in [9.17, 15) is 4.79 Å². The lowest BCUT2D eigenvalue weighted by atomic mass is 10.1. The van der Waals surface area contributed by atoms with Gasteiger partial charge in [0.05, 0.1) is 23.5 Å². The largest absolute Gasteiger partial charge is 0.397 e. The lowest BCUT2D eigenvalue weighted by Crippen LogP contribution is -2.03. The monoisotopic (exact) mass is 399 g/mol. The zero-order valence-electron chi connectivity index (χ0n) is 10.3. The van der Waals surface area contributed by atoms with Crippen LogP contribution in [0, 0.1) is 3.57 Å². The van der Waals surface area contributed by atoms with Gasteiger partial charge in [-0.15, -0.1) is 0 Å². The fourth-order valence-electron chi connectivity index (χ4n) is 2.14. The summed E-state index contributed by atoms with van der Waals surface area (Å²) in [5, 5.41) is 6.78. The van der Waals surface area contributed by atoms with Gasteiger partial charge >= 0.3 is 0 Å². The van der Waals surface area contributed by atoms with Gasteiger partial charge in [-0.25, -0.2) is 0 Å². The molecule has 102 valence electrons. The molecular weight excluding hydrogens is 389 g/mol. The highest BCUT2D eigenvalue weighted by Gasteiger charge is 2.19. The standard InChI is InChI=1S/C14H11ClIN3O/c15-8-1-2-11(9(16)5-8)18-13-6-12-7(3-10(13)17)4-14(20)19-12/h1-3,5-6,18H,4,17H2,(H,19,20). The molecule has 0 saturated heterocycles. The molecule has 4 nitrogen and oxygen atoms in total. The van der Waals surface area contributed by atoms with E-state index in [2.05, 4.69) is 33.2 Å². The third kappa shape index (κ3) is 2.55. The van der Waals surface area contributed by atoms with Crippen LogP contribution in [0.25, 0.3) is 0 Å². The summed E-state index contributed by atoms with van der Waals surface area (Å²) in [7, 11) is 0. The maximum atomic E-state index is 11.4. The average molecular weight is 400 g/mol. The van der Waals surface area contributed by atoms with E-state index in [4.69, 9.17) is 17.3 Å². The Kier molecular flexibility index (Phi) is 3.47. The predicted octanol–water partition coefficient (Wildman–Crippen LogP) is 3.77. The van der Waals surface area contributed by atoms with Crippen LogP contribution in [-0.2, 0) is 11.2 Å². The lowest BCUT2D eigenvalue weighted by molar-refractivity contribution is -0.115. The van der Waals surface area contributed by atoms with Gasteiger partial charge in [0.15, 0.2) is 0 Å². The minimum Gasteiger partial charge on any atom is -0.397 e. The lowest BCUT2D eigenvalue weighted by Gasteiger charge is -2.13. The second-order valence-corrected chi connectivity index (χ2v) is 6.17. The molecule has 3 rings (SSSR count). The molecule has 0 fully saturated rings. The van der Waals surface area contributed by atoms with Gasteiger partial charge in [0.1, 0.15) is 0 Å². The number of nitrogens with one attached hydrogen (secondary N) is 2. The van der Waals surface area contributed by atoms with Crippen molar-refractivity contribution in [3.05, 3.63) is 44.5 Å². The van der Waals surface area contributed by atoms with Crippen molar-refractivity contribution in [2.75, 3.05) is 16.4 Å². The molecule has 0 saturated carbocycles. The number of nitrogen functional groups attached to an aromatic ring is 1. The van der Waals surface area contributed by atoms with Crippen molar-refractivity contribution < 1.29 is 4.79 Å². The van der Waals surface area contributed by atoms with E-state index in [0.29, 0.717) is 17.1 Å². The first-order chi connectivity index (χ1) is 9.52. The molecule has 0 radical (unpaired) electrons. The van der Waals surface area contributed by atoms with E-state index in [1.165, 1.54) is 0 Å². The van der Waals surface area contributed by atoms with Crippen LogP contribution >= 0.6 is 34.2 Å². The Labute approximate surface area is 134 Å². The predicted molar refractivity (Wildman–Crippen MR) is 90.6 cm³/mol. The summed E-state index contributed by atoms with van der Waals surface area (Å²) in [6.45, 7) is 0. The highest BCUT2D eigenvalue weighted by molar-refractivity contribution is 14.1. The van der Waals surface area contributed by atoms with E-state index in [1.807, 2.05) is 30.3 Å². The van der Waals surface area contributed by atoms with Gasteiger partial charge in [0.25, 0.3) is 0 Å². The van der Waals surface area contributed by atoms with Gasteiger partial charge in [-0.2, -0.15) is 0 Å². The molecule has 1 aliphatic heterocycles. The van der Waals surface area contributed by atoms with Gasteiger partial charge in [-0.05, 0) is 58.5 Å². The van der Waals surface area contributed by atoms with E-state index in [1.54, 1.807) is 0 Å². The average Bonchev–Trinajstić information content (AvgIpc) is 2.72. The van der Waals surface area contributed by atoms with Gasteiger partial charge in [-0.1, -0.05) is 11.6 Å². The van der Waals surface area contributed by atoms with Crippen LogP contribution in [0.15, 0.2) is 30.3 Å². The number of benzene rings is 2. The van der Waals surface area contributed by atoms with E-state index >= 15 is 0 Å². The number of nitrogens with two attached hydrogens (primary N) is 1. The number of fused-ring (bicyclic) bond motifs is 1. The number of anilines is 4. The van der Waals surface area contributed by atoms with Crippen molar-refractivity contribution in [2.24, 2.45) is 0 Å². The topological polar surface area (TPSA) is 67.2 Å². The highest BCUT2D eigenvalue weighted by atomic mass is 127. The second kappa shape index (κ2) is 5.14. The van der Waals surface area contributed by atoms with E-state index in [-0.39, 0.29) is 5.91 Å². The molecule has 0 spiro atoms. The molecule has 0 bridgehead atoms. The summed E-state index contributed by atoms with van der Waals surface area (Å²) >= 11 is 8.15. The Balaban J connectivity index is 1.95. The maximum absolute atomic E-state index is 11.4. The zero-order valence-corrected chi connectivity index (χ0v) is 13.2. The molecule has 1 amide bonds. The maximum Gasteiger partial charge on any atom is 0.228 e. The van der Waals surface area contributed by atoms with Crippen LogP contribution in [0.4, 0.5) is 22.7 Å². The van der Waals surface area contributed by atoms with Crippen LogP contribution in [-0.4, -0.2) is 5.91 Å². The first-order valence-electron chi connectivity index (χ1n) is 5.97. The van der Waals surface area contributed by atoms with Crippen molar-refractivity contribution in [3.8, 4) is 0 Å². The SMILES string of the molecule is Nc1cc2c(cc1Nc1ccc(Cl)cc1I)NC(=O)C2. The number of halogens is 2. The fraction of sp³-hybridized carbons (Fsp3) is 0.0714. The molecule has 0 atom stereocenters. The Morgan fingerprint density at radius 1 is 1.25 bits per heavy atom. The highest BCUT2D eigenvalue weighted by Crippen LogP contribution is 2.34. The summed E-state index contributed by atoms with van der Waals surface area (Å²) in [6.07, 6.45) is 0.387. The molecule has 1 heterocycles.